The second-order valence-corrected chi connectivity index (χ2v) is 7.16. The molecule has 1 aliphatic heterocycles. The molecule has 0 bridgehead atoms. The van der Waals surface area contributed by atoms with Gasteiger partial charge in [-0.25, -0.2) is 4.98 Å². The first-order chi connectivity index (χ1) is 14.0. The second kappa shape index (κ2) is 6.84. The first-order valence-electron chi connectivity index (χ1n) is 9.41. The summed E-state index contributed by atoms with van der Waals surface area (Å²) in [6, 6.07) is 9.36. The van der Waals surface area contributed by atoms with E-state index in [1.165, 1.54) is 12.1 Å². The molecule has 9 heteroatoms. The highest BCUT2D eigenvalue weighted by atomic mass is 19.4. The van der Waals surface area contributed by atoms with Gasteiger partial charge in [-0.15, -0.1) is 0 Å². The summed E-state index contributed by atoms with van der Waals surface area (Å²) in [5.41, 5.74) is 0.0110. The smallest absolute Gasteiger partial charge is 0.374 e. The molecule has 1 saturated heterocycles. The lowest BCUT2D eigenvalue weighted by Crippen LogP contribution is -2.38. The van der Waals surface area contributed by atoms with Gasteiger partial charge in [0.05, 0.1) is 29.7 Å². The van der Waals surface area contributed by atoms with Crippen molar-refractivity contribution in [2.75, 3.05) is 23.4 Å². The Bertz CT molecular complexity index is 1060. The zero-order chi connectivity index (χ0) is 20.0. The maximum absolute atomic E-state index is 13.3. The second-order valence-electron chi connectivity index (χ2n) is 7.16. The van der Waals surface area contributed by atoms with E-state index >= 15 is 0 Å². The summed E-state index contributed by atoms with van der Waals surface area (Å²) in [7, 11) is 0. The molecule has 2 aliphatic rings. The highest BCUT2D eigenvalue weighted by Gasteiger charge is 2.47. The van der Waals surface area contributed by atoms with Crippen LogP contribution < -0.4 is 10.2 Å². The molecule has 3 aromatic rings. The number of halogens is 3. The lowest BCUT2D eigenvalue weighted by Gasteiger charge is -2.27. The molecule has 2 atom stereocenters. The number of morpholine rings is 1. The minimum atomic E-state index is -4.41. The molecule has 29 heavy (non-hydrogen) atoms. The number of fused-ring (bicyclic) bond motifs is 2. The lowest BCUT2D eigenvalue weighted by molar-refractivity contribution is -0.138. The maximum atomic E-state index is 13.3. The lowest BCUT2D eigenvalue weighted by atomic mass is 10.1. The first kappa shape index (κ1) is 18.1. The van der Waals surface area contributed by atoms with Crippen molar-refractivity contribution < 1.29 is 17.9 Å². The molecule has 5 rings (SSSR count). The van der Waals surface area contributed by atoms with Crippen LogP contribution in [0.3, 0.4) is 0 Å². The van der Waals surface area contributed by atoms with Crippen LogP contribution in [-0.2, 0) is 17.5 Å². The Morgan fingerprint density at radius 3 is 2.86 bits per heavy atom. The van der Waals surface area contributed by atoms with Gasteiger partial charge in [-0.2, -0.15) is 23.1 Å². The number of rotatable bonds is 4. The summed E-state index contributed by atoms with van der Waals surface area (Å²) >= 11 is 0. The zero-order valence-corrected chi connectivity index (χ0v) is 15.4. The topological polar surface area (TPSA) is 63.2 Å². The molecule has 1 aromatic carbocycles. The molecule has 2 unspecified atom stereocenters. The van der Waals surface area contributed by atoms with Gasteiger partial charge in [0, 0.05) is 19.3 Å². The van der Waals surface area contributed by atoms with Gasteiger partial charge in [0.15, 0.2) is 5.65 Å². The number of benzene rings is 1. The van der Waals surface area contributed by atoms with Crippen molar-refractivity contribution in [1.82, 2.24) is 15.0 Å². The number of hydrogen-bond acceptors (Lipinski definition) is 6. The van der Waals surface area contributed by atoms with Gasteiger partial charge in [-0.05, 0) is 30.2 Å². The third-order valence-electron chi connectivity index (χ3n) is 5.25. The SMILES string of the molecule is FC(F)(F)c1ccccc1CNc1nc(N2CCOC3CC32)nc2ncccc12. The van der Waals surface area contributed by atoms with Gasteiger partial charge in [0.25, 0.3) is 0 Å². The minimum Gasteiger partial charge on any atom is -0.374 e. The Balaban J connectivity index is 1.48. The van der Waals surface area contributed by atoms with E-state index in [1.54, 1.807) is 18.3 Å². The summed E-state index contributed by atoms with van der Waals surface area (Å²) in [6.07, 6.45) is -1.62. The van der Waals surface area contributed by atoms with Gasteiger partial charge in [-0.3, -0.25) is 0 Å². The molecule has 2 fully saturated rings. The molecule has 0 spiro atoms. The number of nitrogens with one attached hydrogen (secondary N) is 1. The molecular formula is C20H18F3N5O. The van der Waals surface area contributed by atoms with E-state index in [-0.39, 0.29) is 24.3 Å². The van der Waals surface area contributed by atoms with Crippen LogP contribution in [0.25, 0.3) is 11.0 Å². The monoisotopic (exact) mass is 401 g/mol. The number of nitrogens with zero attached hydrogens (tertiary/aromatic N) is 4. The summed E-state index contributed by atoms with van der Waals surface area (Å²) in [5.74, 6) is 0.998. The number of anilines is 2. The van der Waals surface area contributed by atoms with Crippen LogP contribution in [0.4, 0.5) is 24.9 Å². The minimum absolute atomic E-state index is 0.00864. The van der Waals surface area contributed by atoms with Gasteiger partial charge >= 0.3 is 6.18 Å². The predicted octanol–water partition coefficient (Wildman–Crippen LogP) is 3.63. The van der Waals surface area contributed by atoms with Crippen LogP contribution in [0.2, 0.25) is 0 Å². The van der Waals surface area contributed by atoms with Crippen LogP contribution in [-0.4, -0.2) is 40.2 Å². The van der Waals surface area contributed by atoms with Crippen LogP contribution in [0.15, 0.2) is 42.6 Å². The Morgan fingerprint density at radius 2 is 2.00 bits per heavy atom. The molecule has 6 nitrogen and oxygen atoms in total. The molecule has 1 N–H and O–H groups in total. The van der Waals surface area contributed by atoms with Gasteiger partial charge in [0.2, 0.25) is 5.95 Å². The predicted molar refractivity (Wildman–Crippen MR) is 102 cm³/mol. The third-order valence-corrected chi connectivity index (χ3v) is 5.25. The average molecular weight is 401 g/mol. The normalized spacial score (nSPS) is 21.1. The van der Waals surface area contributed by atoms with E-state index in [0.29, 0.717) is 36.0 Å². The van der Waals surface area contributed by atoms with Crippen molar-refractivity contribution in [3.8, 4) is 0 Å². The van der Waals surface area contributed by atoms with E-state index in [9.17, 15) is 13.2 Å². The van der Waals surface area contributed by atoms with Crippen molar-refractivity contribution >= 4 is 22.8 Å². The molecule has 150 valence electrons. The molecule has 0 amide bonds. The Hall–Kier alpha value is -2.94. The number of pyridine rings is 1. The zero-order valence-electron chi connectivity index (χ0n) is 15.4. The highest BCUT2D eigenvalue weighted by molar-refractivity contribution is 5.87. The Morgan fingerprint density at radius 1 is 1.14 bits per heavy atom. The van der Waals surface area contributed by atoms with Gasteiger partial charge in [0.1, 0.15) is 5.82 Å². The Labute approximate surface area is 164 Å². The number of aromatic nitrogens is 3. The summed E-state index contributed by atoms with van der Waals surface area (Å²) < 4.78 is 45.5. The van der Waals surface area contributed by atoms with E-state index < -0.39 is 11.7 Å². The van der Waals surface area contributed by atoms with Crippen molar-refractivity contribution in [2.45, 2.75) is 31.3 Å². The first-order valence-corrected chi connectivity index (χ1v) is 9.41. The van der Waals surface area contributed by atoms with E-state index in [4.69, 9.17) is 4.74 Å². The fourth-order valence-electron chi connectivity index (χ4n) is 3.73. The van der Waals surface area contributed by atoms with Crippen LogP contribution in [0.5, 0.6) is 0 Å². The Kier molecular flexibility index (Phi) is 4.27. The van der Waals surface area contributed by atoms with Crippen LogP contribution >= 0.6 is 0 Å². The highest BCUT2D eigenvalue weighted by Crippen LogP contribution is 2.37. The molecule has 2 aromatic heterocycles. The number of ether oxygens (including phenoxy) is 1. The van der Waals surface area contributed by atoms with Crippen molar-refractivity contribution in [2.24, 2.45) is 0 Å². The largest absolute Gasteiger partial charge is 0.416 e. The fraction of sp³-hybridized carbons (Fsp3) is 0.350. The standard InChI is InChI=1S/C20H18F3N5O/c21-20(22,23)14-6-2-1-4-12(14)11-25-18-13-5-3-7-24-17(13)26-19(27-18)28-8-9-29-16-10-15(16)28/h1-7,15-16H,8-11H2,(H,24,25,26,27). The van der Waals surface area contributed by atoms with Crippen molar-refractivity contribution in [1.29, 1.82) is 0 Å². The van der Waals surface area contributed by atoms with E-state index in [1.807, 2.05) is 6.07 Å². The van der Waals surface area contributed by atoms with E-state index in [2.05, 4.69) is 25.2 Å². The van der Waals surface area contributed by atoms with E-state index in [0.717, 1.165) is 12.5 Å². The molecule has 1 saturated carbocycles. The average Bonchev–Trinajstić information content (AvgIpc) is 3.51. The van der Waals surface area contributed by atoms with Gasteiger partial charge in [-0.1, -0.05) is 18.2 Å². The third kappa shape index (κ3) is 3.46. The maximum Gasteiger partial charge on any atom is 0.416 e. The summed E-state index contributed by atoms with van der Waals surface area (Å²) in [6.45, 7) is 1.27. The van der Waals surface area contributed by atoms with Crippen molar-refractivity contribution in [3.05, 3.63) is 53.7 Å². The number of hydrogen-bond donors (Lipinski definition) is 1. The van der Waals surface area contributed by atoms with Crippen LogP contribution in [0.1, 0.15) is 17.5 Å². The molecular weight excluding hydrogens is 383 g/mol. The molecule has 0 radical (unpaired) electrons. The summed E-state index contributed by atoms with van der Waals surface area (Å²) in [4.78, 5) is 15.6. The quantitative estimate of drug-likeness (QED) is 0.720. The molecule has 1 aliphatic carbocycles. The summed E-state index contributed by atoms with van der Waals surface area (Å²) in [5, 5.41) is 3.74. The number of alkyl halides is 3. The molecule has 3 heterocycles. The van der Waals surface area contributed by atoms with Gasteiger partial charge < -0.3 is 15.0 Å². The van der Waals surface area contributed by atoms with Crippen molar-refractivity contribution in [3.63, 3.8) is 0 Å². The van der Waals surface area contributed by atoms with Crippen LogP contribution in [0, 0.1) is 0 Å². The fourth-order valence-corrected chi connectivity index (χ4v) is 3.73.